The number of imidazole rings is 1. The van der Waals surface area contributed by atoms with Crippen molar-refractivity contribution in [2.75, 3.05) is 33.2 Å². The quantitative estimate of drug-likeness (QED) is 0.833. The van der Waals surface area contributed by atoms with E-state index in [4.69, 9.17) is 0 Å². The lowest BCUT2D eigenvalue weighted by molar-refractivity contribution is -0.138. The summed E-state index contributed by atoms with van der Waals surface area (Å²) < 4.78 is 2.23. The van der Waals surface area contributed by atoms with E-state index >= 15 is 0 Å². The molecule has 4 rings (SSSR count). The Kier molecular flexibility index (Phi) is 5.53. The third-order valence-corrected chi connectivity index (χ3v) is 5.97. The third kappa shape index (κ3) is 4.21. The largest absolute Gasteiger partial charge is 0.342 e. The number of aromatic nitrogens is 3. The van der Waals surface area contributed by atoms with Crippen LogP contribution in [0.5, 0.6) is 0 Å². The summed E-state index contributed by atoms with van der Waals surface area (Å²) in [4.78, 5) is 26.1. The van der Waals surface area contributed by atoms with E-state index in [1.807, 2.05) is 18.5 Å². The number of hydrogen-bond acceptors (Lipinski definition) is 4. The first-order valence-electron chi connectivity index (χ1n) is 10.1. The zero-order valence-electron chi connectivity index (χ0n) is 16.1. The average molecular weight is 367 g/mol. The molecule has 0 bridgehead atoms. The Hall–Kier alpha value is -2.21. The summed E-state index contributed by atoms with van der Waals surface area (Å²) in [5.41, 5.74) is 1.19. The van der Waals surface area contributed by atoms with E-state index in [0.717, 1.165) is 64.2 Å². The van der Waals surface area contributed by atoms with Crippen molar-refractivity contribution in [1.82, 2.24) is 24.3 Å². The van der Waals surface area contributed by atoms with Crippen molar-refractivity contribution in [3.8, 4) is 0 Å². The Bertz CT molecular complexity index is 751. The Morgan fingerprint density at radius 1 is 1.19 bits per heavy atom. The van der Waals surface area contributed by atoms with Crippen molar-refractivity contribution in [3.63, 3.8) is 0 Å². The Morgan fingerprint density at radius 3 is 2.78 bits per heavy atom. The van der Waals surface area contributed by atoms with E-state index in [1.54, 1.807) is 6.20 Å². The number of rotatable bonds is 4. The van der Waals surface area contributed by atoms with Crippen molar-refractivity contribution < 1.29 is 4.79 Å². The van der Waals surface area contributed by atoms with E-state index in [1.165, 1.54) is 5.56 Å². The lowest BCUT2D eigenvalue weighted by Gasteiger charge is -2.36. The number of likely N-dealkylation sites (tertiary alicyclic amines) is 2. The van der Waals surface area contributed by atoms with Gasteiger partial charge in [-0.05, 0) is 50.9 Å². The highest BCUT2D eigenvalue weighted by Crippen LogP contribution is 2.29. The molecule has 0 radical (unpaired) electrons. The fourth-order valence-electron chi connectivity index (χ4n) is 4.49. The first kappa shape index (κ1) is 18.2. The zero-order valence-corrected chi connectivity index (χ0v) is 16.1. The molecule has 4 heterocycles. The molecule has 2 aromatic heterocycles. The first-order valence-corrected chi connectivity index (χ1v) is 10.1. The minimum atomic E-state index is 0.188. The van der Waals surface area contributed by atoms with Crippen molar-refractivity contribution in [3.05, 3.63) is 48.3 Å². The normalized spacial score (nSPS) is 22.1. The van der Waals surface area contributed by atoms with Gasteiger partial charge in [0.05, 0.1) is 12.5 Å². The summed E-state index contributed by atoms with van der Waals surface area (Å²) in [6, 6.07) is 4.07. The highest BCUT2D eigenvalue weighted by molar-refractivity contribution is 5.79. The summed E-state index contributed by atoms with van der Waals surface area (Å²) in [6.45, 7) is 4.53. The lowest BCUT2D eigenvalue weighted by atomic mass is 9.92. The molecule has 0 aliphatic carbocycles. The van der Waals surface area contributed by atoms with Gasteiger partial charge in [0.25, 0.3) is 0 Å². The third-order valence-electron chi connectivity index (χ3n) is 5.97. The predicted molar refractivity (Wildman–Crippen MR) is 104 cm³/mol. The lowest BCUT2D eigenvalue weighted by Crippen LogP contribution is -2.46. The van der Waals surface area contributed by atoms with Crippen molar-refractivity contribution >= 4 is 5.91 Å². The average Bonchev–Trinajstić information content (AvgIpc) is 3.16. The summed E-state index contributed by atoms with van der Waals surface area (Å²) in [5, 5.41) is 0. The molecular formula is C21H29N5O. The van der Waals surface area contributed by atoms with Crippen LogP contribution in [0, 0.1) is 5.92 Å². The van der Waals surface area contributed by atoms with Crippen LogP contribution in [0.3, 0.4) is 0 Å². The number of carbonyl (C=O) groups is 1. The van der Waals surface area contributed by atoms with Gasteiger partial charge in [0.15, 0.2) is 0 Å². The maximum absolute atomic E-state index is 12.9. The fourth-order valence-corrected chi connectivity index (χ4v) is 4.49. The zero-order chi connectivity index (χ0) is 18.6. The van der Waals surface area contributed by atoms with Gasteiger partial charge < -0.3 is 14.4 Å². The molecule has 2 aromatic rings. The topological polar surface area (TPSA) is 54.3 Å². The number of piperidine rings is 2. The second-order valence-electron chi connectivity index (χ2n) is 7.98. The molecule has 6 nitrogen and oxygen atoms in total. The van der Waals surface area contributed by atoms with Gasteiger partial charge in [-0.3, -0.25) is 9.78 Å². The maximum Gasteiger partial charge on any atom is 0.226 e. The molecule has 6 heteroatoms. The van der Waals surface area contributed by atoms with Crippen LogP contribution in [0.1, 0.15) is 43.0 Å². The molecule has 0 unspecified atom stereocenters. The monoisotopic (exact) mass is 367 g/mol. The molecule has 0 N–H and O–H groups in total. The van der Waals surface area contributed by atoms with E-state index in [9.17, 15) is 4.79 Å². The molecule has 2 fully saturated rings. The standard InChI is InChI=1S/C21H29N5O/c1-24-10-3-5-19(16-24)21(27)25-11-6-18(7-12-25)20-23-9-13-26(20)15-17-4-2-8-22-14-17/h2,4,8-9,13-14,18-19H,3,5-7,10-12,15-16H2,1H3/t19-/m1/s1. The van der Waals surface area contributed by atoms with Crippen LogP contribution in [0.25, 0.3) is 0 Å². The second-order valence-corrected chi connectivity index (χ2v) is 7.98. The molecule has 144 valence electrons. The SMILES string of the molecule is CN1CCC[C@@H](C(=O)N2CCC(c3nccn3Cc3cccnc3)CC2)C1. The minimum absolute atomic E-state index is 0.188. The van der Waals surface area contributed by atoms with Crippen molar-refractivity contribution in [2.45, 2.75) is 38.1 Å². The second kappa shape index (κ2) is 8.21. The Labute approximate surface area is 161 Å². The van der Waals surface area contributed by atoms with Crippen LogP contribution in [0.15, 0.2) is 36.9 Å². The molecule has 0 aromatic carbocycles. The molecule has 27 heavy (non-hydrogen) atoms. The number of amides is 1. The van der Waals surface area contributed by atoms with Crippen LogP contribution in [0.4, 0.5) is 0 Å². The summed E-state index contributed by atoms with van der Waals surface area (Å²) in [5.74, 6) is 2.12. The van der Waals surface area contributed by atoms with Crippen LogP contribution in [-0.2, 0) is 11.3 Å². The fraction of sp³-hybridized carbons (Fsp3) is 0.571. The smallest absolute Gasteiger partial charge is 0.226 e. The Balaban J connectivity index is 1.36. The molecule has 0 saturated carbocycles. The molecule has 0 spiro atoms. The molecule has 1 atom stereocenters. The number of carbonyl (C=O) groups excluding carboxylic acids is 1. The first-order chi connectivity index (χ1) is 13.2. The number of pyridine rings is 1. The summed E-state index contributed by atoms with van der Waals surface area (Å²) in [7, 11) is 2.12. The van der Waals surface area contributed by atoms with Crippen LogP contribution in [-0.4, -0.2) is 63.5 Å². The maximum atomic E-state index is 12.9. The molecule has 2 aliphatic heterocycles. The van der Waals surface area contributed by atoms with Gasteiger partial charge in [-0.25, -0.2) is 4.98 Å². The molecule has 1 amide bonds. The van der Waals surface area contributed by atoms with Gasteiger partial charge in [0.2, 0.25) is 5.91 Å². The number of nitrogens with zero attached hydrogens (tertiary/aromatic N) is 5. The van der Waals surface area contributed by atoms with Crippen molar-refractivity contribution in [1.29, 1.82) is 0 Å². The van der Waals surface area contributed by atoms with Gasteiger partial charge in [0, 0.05) is 50.3 Å². The van der Waals surface area contributed by atoms with Gasteiger partial charge in [-0.1, -0.05) is 6.07 Å². The Morgan fingerprint density at radius 2 is 2.04 bits per heavy atom. The van der Waals surface area contributed by atoms with Gasteiger partial charge >= 0.3 is 0 Å². The van der Waals surface area contributed by atoms with E-state index < -0.39 is 0 Å². The summed E-state index contributed by atoms with van der Waals surface area (Å²) >= 11 is 0. The van der Waals surface area contributed by atoms with Crippen LogP contribution in [0.2, 0.25) is 0 Å². The van der Waals surface area contributed by atoms with E-state index in [-0.39, 0.29) is 5.92 Å². The van der Waals surface area contributed by atoms with Crippen molar-refractivity contribution in [2.24, 2.45) is 5.92 Å². The van der Waals surface area contributed by atoms with Gasteiger partial charge in [-0.15, -0.1) is 0 Å². The van der Waals surface area contributed by atoms with E-state index in [2.05, 4.69) is 43.6 Å². The predicted octanol–water partition coefficient (Wildman–Crippen LogP) is 2.37. The number of hydrogen-bond donors (Lipinski definition) is 0. The molecule has 2 saturated heterocycles. The molecular weight excluding hydrogens is 338 g/mol. The molecule has 2 aliphatic rings. The van der Waals surface area contributed by atoms with Crippen LogP contribution >= 0.6 is 0 Å². The van der Waals surface area contributed by atoms with Gasteiger partial charge in [0.1, 0.15) is 5.82 Å². The van der Waals surface area contributed by atoms with Gasteiger partial charge in [-0.2, -0.15) is 0 Å². The minimum Gasteiger partial charge on any atom is -0.342 e. The van der Waals surface area contributed by atoms with Crippen LogP contribution < -0.4 is 0 Å². The van der Waals surface area contributed by atoms with E-state index in [0.29, 0.717) is 11.8 Å². The highest BCUT2D eigenvalue weighted by Gasteiger charge is 2.31. The highest BCUT2D eigenvalue weighted by atomic mass is 16.2. The summed E-state index contributed by atoms with van der Waals surface area (Å²) in [6.07, 6.45) is 11.8.